The molecule has 192 valence electrons. The number of carbonyl (C=O) groups excluding carboxylic acids is 2. The molecular weight excluding hydrogens is 483 g/mol. The number of piperazine rings is 1. The second-order valence-electron chi connectivity index (χ2n) is 8.14. The summed E-state index contributed by atoms with van der Waals surface area (Å²) >= 11 is 0. The van der Waals surface area contributed by atoms with Crippen molar-refractivity contribution in [2.45, 2.75) is 12.6 Å². The van der Waals surface area contributed by atoms with Gasteiger partial charge in [0.1, 0.15) is 0 Å². The Bertz CT molecular complexity index is 1080. The van der Waals surface area contributed by atoms with Crippen LogP contribution in [0, 0.1) is 0 Å². The van der Waals surface area contributed by atoms with Gasteiger partial charge in [0.15, 0.2) is 0 Å². The summed E-state index contributed by atoms with van der Waals surface area (Å²) in [7, 11) is 0. The number of benzene rings is 2. The largest absolute Gasteiger partial charge is 0.473 e. The number of rotatable bonds is 5. The number of nitrogens with zero attached hydrogens (tertiary/aromatic N) is 3. The molecule has 2 aromatic carbocycles. The third kappa shape index (κ3) is 6.39. The normalized spacial score (nSPS) is 15.9. The number of carbonyl (C=O) groups is 4. The first kappa shape index (κ1) is 26.7. The van der Waals surface area contributed by atoms with Crippen molar-refractivity contribution in [3.05, 3.63) is 65.2 Å². The number of carboxylic acids is 2. The number of anilines is 1. The fourth-order valence-corrected chi connectivity index (χ4v) is 3.99. The summed E-state index contributed by atoms with van der Waals surface area (Å²) in [5.41, 5.74) is 1.08. The van der Waals surface area contributed by atoms with Gasteiger partial charge in [0.2, 0.25) is 0 Å². The number of amides is 2. The quantitative estimate of drug-likeness (QED) is 0.469. The Kier molecular flexibility index (Phi) is 8.30. The molecule has 2 N–H and O–H groups in total. The highest BCUT2D eigenvalue weighted by Crippen LogP contribution is 2.30. The van der Waals surface area contributed by atoms with E-state index in [2.05, 4.69) is 9.80 Å². The van der Waals surface area contributed by atoms with Gasteiger partial charge in [0.05, 0.1) is 16.7 Å². The van der Waals surface area contributed by atoms with E-state index in [4.69, 9.17) is 19.8 Å². The van der Waals surface area contributed by atoms with Crippen molar-refractivity contribution in [3.63, 3.8) is 0 Å². The van der Waals surface area contributed by atoms with Crippen LogP contribution in [0.5, 0.6) is 0 Å². The minimum Gasteiger partial charge on any atom is -0.473 e. The van der Waals surface area contributed by atoms with Crippen LogP contribution in [0.25, 0.3) is 0 Å². The van der Waals surface area contributed by atoms with E-state index in [0.717, 1.165) is 50.5 Å². The zero-order valence-electron chi connectivity index (χ0n) is 19.1. The van der Waals surface area contributed by atoms with Crippen LogP contribution in [-0.4, -0.2) is 83.0 Å². The molecule has 0 spiro atoms. The van der Waals surface area contributed by atoms with Gasteiger partial charge in [-0.1, -0.05) is 12.1 Å². The van der Waals surface area contributed by atoms with Crippen molar-refractivity contribution in [2.24, 2.45) is 0 Å². The molecule has 12 heteroatoms. The van der Waals surface area contributed by atoms with Gasteiger partial charge in [-0.25, -0.2) is 9.59 Å². The lowest BCUT2D eigenvalue weighted by Crippen LogP contribution is -2.47. The first-order valence-electron chi connectivity index (χ1n) is 11.0. The standard InChI is InChI=1S/C22H22F3N3O2.C2H2O4/c23-22(24,25)16-6-8-17(9-7-16)27-14-12-26(13-15-27)10-3-11-28-20(29)18-4-1-2-5-19(18)21(28)30;3-1(4)2(5)6/h1-2,4-9H,3,10-15H2;(H,3,4)(H,5,6). The highest BCUT2D eigenvalue weighted by molar-refractivity contribution is 6.27. The number of hydrogen-bond donors (Lipinski definition) is 2. The molecule has 2 amide bonds. The summed E-state index contributed by atoms with van der Waals surface area (Å²) in [6, 6.07) is 12.1. The maximum atomic E-state index is 12.7. The molecule has 0 saturated carbocycles. The molecule has 0 aliphatic carbocycles. The first-order chi connectivity index (χ1) is 17.0. The van der Waals surface area contributed by atoms with Gasteiger partial charge in [-0.15, -0.1) is 0 Å². The Morgan fingerprint density at radius 1 is 0.778 bits per heavy atom. The zero-order chi connectivity index (χ0) is 26.5. The predicted octanol–water partition coefficient (Wildman–Crippen LogP) is 2.67. The SMILES string of the molecule is O=C(O)C(=O)O.O=C1c2ccccc2C(=O)N1CCCN1CCN(c2ccc(C(F)(F)F)cc2)CC1. The molecule has 36 heavy (non-hydrogen) atoms. The van der Waals surface area contributed by atoms with Crippen molar-refractivity contribution in [1.29, 1.82) is 0 Å². The maximum absolute atomic E-state index is 12.7. The fraction of sp³-hybridized carbons (Fsp3) is 0.333. The Labute approximate surface area is 204 Å². The summed E-state index contributed by atoms with van der Waals surface area (Å²) in [5.74, 6) is -4.12. The highest BCUT2D eigenvalue weighted by atomic mass is 19.4. The van der Waals surface area contributed by atoms with E-state index in [9.17, 15) is 22.8 Å². The number of aliphatic carboxylic acids is 2. The molecule has 0 atom stereocenters. The van der Waals surface area contributed by atoms with Crippen LogP contribution in [0.4, 0.5) is 18.9 Å². The number of carboxylic acid groups (broad SMARTS) is 2. The van der Waals surface area contributed by atoms with Crippen molar-refractivity contribution in [2.75, 3.05) is 44.2 Å². The van der Waals surface area contributed by atoms with E-state index >= 15 is 0 Å². The van der Waals surface area contributed by atoms with Crippen molar-refractivity contribution >= 4 is 29.4 Å². The summed E-state index contributed by atoms with van der Waals surface area (Å²) in [5, 5.41) is 14.8. The lowest BCUT2D eigenvalue weighted by Gasteiger charge is -2.36. The van der Waals surface area contributed by atoms with Gasteiger partial charge in [0, 0.05) is 38.4 Å². The number of fused-ring (bicyclic) bond motifs is 1. The number of alkyl halides is 3. The smallest absolute Gasteiger partial charge is 0.416 e. The van der Waals surface area contributed by atoms with E-state index in [1.54, 1.807) is 24.3 Å². The fourth-order valence-electron chi connectivity index (χ4n) is 3.99. The molecule has 0 bridgehead atoms. The van der Waals surface area contributed by atoms with E-state index in [0.29, 0.717) is 24.1 Å². The molecule has 9 nitrogen and oxygen atoms in total. The van der Waals surface area contributed by atoms with Crippen molar-refractivity contribution in [3.8, 4) is 0 Å². The van der Waals surface area contributed by atoms with E-state index in [-0.39, 0.29) is 11.8 Å². The minimum absolute atomic E-state index is 0.234. The zero-order valence-corrected chi connectivity index (χ0v) is 19.1. The van der Waals surface area contributed by atoms with Gasteiger partial charge >= 0.3 is 18.1 Å². The lowest BCUT2D eigenvalue weighted by atomic mass is 10.1. The Morgan fingerprint density at radius 3 is 1.72 bits per heavy atom. The summed E-state index contributed by atoms with van der Waals surface area (Å²) in [6.45, 7) is 4.14. The molecule has 1 saturated heterocycles. The molecule has 0 aromatic heterocycles. The summed E-state index contributed by atoms with van der Waals surface area (Å²) < 4.78 is 38.1. The summed E-state index contributed by atoms with van der Waals surface area (Å²) in [6.07, 6.45) is -3.64. The van der Waals surface area contributed by atoms with Crippen LogP contribution in [0.15, 0.2) is 48.5 Å². The Balaban J connectivity index is 0.000000538. The van der Waals surface area contributed by atoms with E-state index in [1.807, 2.05) is 0 Å². The summed E-state index contributed by atoms with van der Waals surface area (Å²) in [4.78, 5) is 48.6. The van der Waals surface area contributed by atoms with Crippen molar-refractivity contribution in [1.82, 2.24) is 9.80 Å². The van der Waals surface area contributed by atoms with Crippen LogP contribution in [0.2, 0.25) is 0 Å². The van der Waals surface area contributed by atoms with Gasteiger partial charge in [-0.2, -0.15) is 13.2 Å². The predicted molar refractivity (Wildman–Crippen MR) is 122 cm³/mol. The van der Waals surface area contributed by atoms with Crippen LogP contribution < -0.4 is 4.90 Å². The van der Waals surface area contributed by atoms with Gasteiger partial charge in [-0.05, 0) is 49.4 Å². The second kappa shape index (κ2) is 11.2. The third-order valence-corrected chi connectivity index (χ3v) is 5.85. The van der Waals surface area contributed by atoms with E-state index in [1.165, 1.54) is 17.0 Å². The number of hydrogen-bond acceptors (Lipinski definition) is 6. The van der Waals surface area contributed by atoms with Crippen LogP contribution in [0.3, 0.4) is 0 Å². The number of imide groups is 1. The Hall–Kier alpha value is -3.93. The second-order valence-corrected chi connectivity index (χ2v) is 8.14. The monoisotopic (exact) mass is 507 g/mol. The van der Waals surface area contributed by atoms with Gasteiger partial charge < -0.3 is 15.1 Å². The molecule has 0 unspecified atom stereocenters. The molecule has 2 heterocycles. The first-order valence-corrected chi connectivity index (χ1v) is 11.0. The minimum atomic E-state index is -4.32. The molecule has 2 aliphatic rings. The Morgan fingerprint density at radius 2 is 1.28 bits per heavy atom. The van der Waals surface area contributed by atoms with Gasteiger partial charge in [0.25, 0.3) is 11.8 Å². The highest BCUT2D eigenvalue weighted by Gasteiger charge is 2.34. The van der Waals surface area contributed by atoms with E-state index < -0.39 is 23.7 Å². The molecule has 2 aromatic rings. The van der Waals surface area contributed by atoms with Gasteiger partial charge in [-0.3, -0.25) is 19.4 Å². The number of halogens is 3. The van der Waals surface area contributed by atoms with Crippen LogP contribution in [-0.2, 0) is 15.8 Å². The van der Waals surface area contributed by atoms with Crippen LogP contribution >= 0.6 is 0 Å². The third-order valence-electron chi connectivity index (χ3n) is 5.85. The van der Waals surface area contributed by atoms with Crippen molar-refractivity contribution < 1.29 is 42.6 Å². The maximum Gasteiger partial charge on any atom is 0.416 e. The average molecular weight is 507 g/mol. The molecule has 1 fully saturated rings. The van der Waals surface area contributed by atoms with Crippen LogP contribution in [0.1, 0.15) is 32.7 Å². The molecule has 0 radical (unpaired) electrons. The molecule has 2 aliphatic heterocycles. The topological polar surface area (TPSA) is 118 Å². The molecular formula is C24H24F3N3O6. The average Bonchev–Trinajstić information content (AvgIpc) is 3.09. The lowest BCUT2D eigenvalue weighted by molar-refractivity contribution is -0.159. The molecule has 4 rings (SSSR count).